The van der Waals surface area contributed by atoms with E-state index in [2.05, 4.69) is 5.32 Å². The molecule has 0 radical (unpaired) electrons. The molecule has 4 nitrogen and oxygen atoms in total. The topological polar surface area (TPSA) is 63.2 Å². The van der Waals surface area contributed by atoms with Crippen molar-refractivity contribution in [1.82, 2.24) is 5.32 Å². The van der Waals surface area contributed by atoms with Gasteiger partial charge in [-0.1, -0.05) is 43.3 Å². The summed E-state index contributed by atoms with van der Waals surface area (Å²) in [5, 5.41) is 2.62. The largest absolute Gasteiger partial charge is 0.416 e. The molecule has 0 bridgehead atoms. The highest BCUT2D eigenvalue weighted by atomic mass is 19.4. The number of benzene rings is 3. The van der Waals surface area contributed by atoms with E-state index in [1.807, 2.05) is 43.3 Å². The van der Waals surface area contributed by atoms with Crippen LogP contribution >= 0.6 is 0 Å². The zero-order valence-electron chi connectivity index (χ0n) is 21.9. The predicted octanol–water partition coefficient (Wildman–Crippen LogP) is 6.23. The first-order valence-electron chi connectivity index (χ1n) is 12.6. The Labute approximate surface area is 221 Å². The number of rotatable bonds is 11. The smallest absolute Gasteiger partial charge is 0.355 e. The van der Waals surface area contributed by atoms with Gasteiger partial charge in [-0.2, -0.15) is 13.2 Å². The van der Waals surface area contributed by atoms with Gasteiger partial charge in [0.25, 0.3) is 5.91 Å². The van der Waals surface area contributed by atoms with Gasteiger partial charge in [-0.25, -0.2) is 0 Å². The molecule has 0 unspecified atom stereocenters. The molecule has 1 amide bonds. The minimum absolute atomic E-state index is 0.0178. The molecule has 0 saturated heterocycles. The second kappa shape index (κ2) is 12.7. The van der Waals surface area contributed by atoms with Crippen molar-refractivity contribution in [2.45, 2.75) is 58.5 Å². The minimum atomic E-state index is -4.52. The Hall–Kier alpha value is -3.74. The first-order chi connectivity index (χ1) is 18.0. The average Bonchev–Trinajstić information content (AvgIpc) is 2.88. The summed E-state index contributed by atoms with van der Waals surface area (Å²) >= 11 is 0. The van der Waals surface area contributed by atoms with Crippen molar-refractivity contribution in [2.75, 3.05) is 7.05 Å². The van der Waals surface area contributed by atoms with Crippen LogP contribution in [0.1, 0.15) is 69.1 Å². The quantitative estimate of drug-likeness (QED) is 0.324. The molecule has 0 saturated carbocycles. The highest BCUT2D eigenvalue weighted by Crippen LogP contribution is 2.31. The monoisotopic (exact) mass is 523 g/mol. The van der Waals surface area contributed by atoms with Gasteiger partial charge in [-0.05, 0) is 77.4 Å². The summed E-state index contributed by atoms with van der Waals surface area (Å²) in [4.78, 5) is 36.6. The molecule has 0 aliphatic heterocycles. The average molecular weight is 524 g/mol. The van der Waals surface area contributed by atoms with Crippen molar-refractivity contribution in [3.8, 4) is 0 Å². The van der Waals surface area contributed by atoms with Gasteiger partial charge in [0.1, 0.15) is 11.6 Å². The molecule has 3 aromatic rings. The molecule has 0 heterocycles. The van der Waals surface area contributed by atoms with Crippen molar-refractivity contribution >= 4 is 17.5 Å². The van der Waals surface area contributed by atoms with Crippen LogP contribution in [0.4, 0.5) is 13.2 Å². The molecule has 0 spiro atoms. The fraction of sp³-hybridized carbons (Fsp3) is 0.323. The van der Waals surface area contributed by atoms with Gasteiger partial charge >= 0.3 is 6.18 Å². The second-order valence-corrected chi connectivity index (χ2v) is 9.48. The molecule has 38 heavy (non-hydrogen) atoms. The maximum Gasteiger partial charge on any atom is 0.416 e. The zero-order chi connectivity index (χ0) is 27.9. The minimum Gasteiger partial charge on any atom is -0.355 e. The van der Waals surface area contributed by atoms with Gasteiger partial charge in [0.2, 0.25) is 0 Å². The summed E-state index contributed by atoms with van der Waals surface area (Å²) in [7, 11) is 1.59. The van der Waals surface area contributed by atoms with Crippen molar-refractivity contribution in [2.24, 2.45) is 0 Å². The normalized spacial score (nSPS) is 11.3. The Morgan fingerprint density at radius 1 is 0.816 bits per heavy atom. The van der Waals surface area contributed by atoms with Crippen LogP contribution in [0, 0.1) is 6.92 Å². The number of Topliss-reactive ketones (excluding diaryl/α,β-unsaturated/α-hetero) is 2. The van der Waals surface area contributed by atoms with Gasteiger partial charge in [0.15, 0.2) is 0 Å². The molecule has 0 aromatic heterocycles. The van der Waals surface area contributed by atoms with E-state index in [1.165, 1.54) is 6.07 Å². The fourth-order valence-corrected chi connectivity index (χ4v) is 4.36. The van der Waals surface area contributed by atoms with Crippen LogP contribution in [-0.2, 0) is 41.4 Å². The van der Waals surface area contributed by atoms with E-state index in [0.29, 0.717) is 24.0 Å². The number of carbonyl (C=O) groups excluding carboxylic acids is 3. The number of ketones is 2. The van der Waals surface area contributed by atoms with Crippen molar-refractivity contribution < 1.29 is 27.6 Å². The zero-order valence-corrected chi connectivity index (χ0v) is 21.9. The molecule has 200 valence electrons. The molecule has 3 rings (SSSR count). The Kier molecular flexibility index (Phi) is 9.61. The second-order valence-electron chi connectivity index (χ2n) is 9.48. The van der Waals surface area contributed by atoms with Gasteiger partial charge in [0, 0.05) is 38.3 Å². The van der Waals surface area contributed by atoms with Crippen LogP contribution in [0.2, 0.25) is 0 Å². The third-order valence-corrected chi connectivity index (χ3v) is 6.61. The van der Waals surface area contributed by atoms with E-state index >= 15 is 0 Å². The lowest BCUT2D eigenvalue weighted by Crippen LogP contribution is -2.17. The molecule has 0 atom stereocenters. The van der Waals surface area contributed by atoms with Crippen LogP contribution in [0.3, 0.4) is 0 Å². The highest BCUT2D eigenvalue weighted by molar-refractivity contribution is 5.94. The Morgan fingerprint density at radius 3 is 2.18 bits per heavy atom. The van der Waals surface area contributed by atoms with Crippen LogP contribution in [0.5, 0.6) is 0 Å². The molecule has 7 heteroatoms. The summed E-state index contributed by atoms with van der Waals surface area (Å²) < 4.78 is 39.7. The lowest BCUT2D eigenvalue weighted by atomic mass is 9.93. The Balaban J connectivity index is 1.67. The standard InChI is InChI=1S/C31H32F3NO3/c1-4-28(36)18-24-11-12-27(31(32,33)34)17-26(24)19-29(37)13-9-21-8-10-23(20(2)14-21)15-22-6-5-7-25(16-22)30(38)35-3/h5-8,10-12,14,16-17H,4,9,13,15,18-19H2,1-3H3,(H,35,38). The lowest BCUT2D eigenvalue weighted by molar-refractivity contribution is -0.137. The van der Waals surface area contributed by atoms with Crippen LogP contribution < -0.4 is 5.32 Å². The summed E-state index contributed by atoms with van der Waals surface area (Å²) in [5.74, 6) is -0.408. The molecule has 0 fully saturated rings. The first-order valence-corrected chi connectivity index (χ1v) is 12.6. The third kappa shape index (κ3) is 7.88. The van der Waals surface area contributed by atoms with Crippen LogP contribution in [0.15, 0.2) is 60.7 Å². The molecule has 1 N–H and O–H groups in total. The number of hydrogen-bond acceptors (Lipinski definition) is 3. The van der Waals surface area contributed by atoms with Crippen molar-refractivity contribution in [3.05, 3.63) is 105 Å². The molecular weight excluding hydrogens is 491 g/mol. The number of halogens is 3. The number of hydrogen-bond donors (Lipinski definition) is 1. The van der Waals surface area contributed by atoms with Gasteiger partial charge < -0.3 is 5.32 Å². The Bertz CT molecular complexity index is 1330. The molecule has 0 aliphatic rings. The fourth-order valence-electron chi connectivity index (χ4n) is 4.36. The van der Waals surface area contributed by atoms with Crippen molar-refractivity contribution in [3.63, 3.8) is 0 Å². The number of nitrogens with one attached hydrogen (secondary N) is 1. The van der Waals surface area contributed by atoms with Crippen LogP contribution in [-0.4, -0.2) is 24.5 Å². The number of amides is 1. The van der Waals surface area contributed by atoms with Crippen LogP contribution in [0.25, 0.3) is 0 Å². The number of carbonyl (C=O) groups is 3. The molecule has 3 aromatic carbocycles. The predicted molar refractivity (Wildman–Crippen MR) is 141 cm³/mol. The van der Waals surface area contributed by atoms with Gasteiger partial charge in [0.05, 0.1) is 5.56 Å². The number of aryl methyl sites for hydroxylation is 2. The van der Waals surface area contributed by atoms with E-state index in [4.69, 9.17) is 0 Å². The van der Waals surface area contributed by atoms with E-state index in [9.17, 15) is 27.6 Å². The Morgan fingerprint density at radius 2 is 1.53 bits per heavy atom. The molecule has 0 aliphatic carbocycles. The van der Waals surface area contributed by atoms with E-state index in [0.717, 1.165) is 34.4 Å². The first kappa shape index (κ1) is 28.8. The maximum absolute atomic E-state index is 13.2. The van der Waals surface area contributed by atoms with Gasteiger partial charge in [-0.15, -0.1) is 0 Å². The summed E-state index contributed by atoms with van der Waals surface area (Å²) in [6, 6.07) is 16.7. The summed E-state index contributed by atoms with van der Waals surface area (Å²) in [5.41, 5.74) is 4.64. The molecular formula is C31H32F3NO3. The van der Waals surface area contributed by atoms with E-state index in [1.54, 1.807) is 20.0 Å². The summed E-state index contributed by atoms with van der Waals surface area (Å²) in [6.07, 6.45) is -3.06. The van der Waals surface area contributed by atoms with Gasteiger partial charge in [-0.3, -0.25) is 14.4 Å². The maximum atomic E-state index is 13.2. The summed E-state index contributed by atoms with van der Waals surface area (Å²) in [6.45, 7) is 3.69. The lowest BCUT2D eigenvalue weighted by Gasteiger charge is -2.13. The number of alkyl halides is 3. The third-order valence-electron chi connectivity index (χ3n) is 6.61. The SMILES string of the molecule is CCC(=O)Cc1ccc(C(F)(F)F)cc1CC(=O)CCc1ccc(Cc2cccc(C(=O)NC)c2)c(C)c1. The van der Waals surface area contributed by atoms with E-state index in [-0.39, 0.29) is 48.7 Å². The van der Waals surface area contributed by atoms with Crippen molar-refractivity contribution in [1.29, 1.82) is 0 Å². The highest BCUT2D eigenvalue weighted by Gasteiger charge is 2.31. The van der Waals surface area contributed by atoms with E-state index < -0.39 is 11.7 Å².